The third-order valence-electron chi connectivity index (χ3n) is 3.75. The molecule has 6 heteroatoms. The smallest absolute Gasteiger partial charge is 0.251 e. The third kappa shape index (κ3) is 3.30. The molecule has 0 saturated carbocycles. The quantitative estimate of drug-likeness (QED) is 0.802. The summed E-state index contributed by atoms with van der Waals surface area (Å²) in [6.45, 7) is 3.77. The van der Waals surface area contributed by atoms with Crippen molar-refractivity contribution < 1.29 is 13.2 Å². The van der Waals surface area contributed by atoms with Crippen molar-refractivity contribution in [3.05, 3.63) is 28.8 Å². The Labute approximate surface area is 119 Å². The second-order valence-corrected chi connectivity index (χ2v) is 7.73. The van der Waals surface area contributed by atoms with E-state index in [0.717, 1.165) is 11.1 Å². The highest BCUT2D eigenvalue weighted by Crippen LogP contribution is 2.19. The predicted octanol–water partition coefficient (Wildman–Crippen LogP) is 1.19. The van der Waals surface area contributed by atoms with E-state index >= 15 is 0 Å². The zero-order chi connectivity index (χ0) is 14.9. The first-order valence-corrected chi connectivity index (χ1v) is 8.48. The van der Waals surface area contributed by atoms with Crippen LogP contribution < -0.4 is 11.1 Å². The maximum atomic E-state index is 12.2. The van der Waals surface area contributed by atoms with Crippen LogP contribution in [0.5, 0.6) is 0 Å². The van der Waals surface area contributed by atoms with E-state index in [0.29, 0.717) is 24.1 Å². The molecule has 5 nitrogen and oxygen atoms in total. The van der Waals surface area contributed by atoms with Gasteiger partial charge in [0.25, 0.3) is 5.91 Å². The summed E-state index contributed by atoms with van der Waals surface area (Å²) in [6, 6.07) is 3.49. The minimum atomic E-state index is -2.91. The minimum Gasteiger partial charge on any atom is -0.398 e. The van der Waals surface area contributed by atoms with Crippen molar-refractivity contribution in [2.24, 2.45) is 0 Å². The predicted molar refractivity (Wildman–Crippen MR) is 79.5 cm³/mol. The summed E-state index contributed by atoms with van der Waals surface area (Å²) in [5.41, 5.74) is 8.80. The van der Waals surface area contributed by atoms with Crippen LogP contribution in [0.3, 0.4) is 0 Å². The molecule has 1 aromatic rings. The maximum Gasteiger partial charge on any atom is 0.251 e. The second kappa shape index (κ2) is 5.44. The zero-order valence-corrected chi connectivity index (χ0v) is 12.6. The van der Waals surface area contributed by atoms with Crippen molar-refractivity contribution in [3.63, 3.8) is 0 Å². The van der Waals surface area contributed by atoms with E-state index < -0.39 is 9.84 Å². The highest BCUT2D eigenvalue weighted by molar-refractivity contribution is 7.91. The van der Waals surface area contributed by atoms with Crippen molar-refractivity contribution in [1.82, 2.24) is 5.32 Å². The van der Waals surface area contributed by atoms with Gasteiger partial charge in [-0.25, -0.2) is 8.42 Å². The molecular weight excluding hydrogens is 276 g/mol. The van der Waals surface area contributed by atoms with Gasteiger partial charge in [0, 0.05) is 17.3 Å². The molecule has 20 heavy (non-hydrogen) atoms. The lowest BCUT2D eigenvalue weighted by Crippen LogP contribution is -2.41. The average Bonchev–Trinajstić information content (AvgIpc) is 2.36. The van der Waals surface area contributed by atoms with E-state index in [-0.39, 0.29) is 23.5 Å². The van der Waals surface area contributed by atoms with Gasteiger partial charge < -0.3 is 11.1 Å². The van der Waals surface area contributed by atoms with Gasteiger partial charge in [0.05, 0.1) is 11.5 Å². The summed E-state index contributed by atoms with van der Waals surface area (Å²) in [6.07, 6.45) is 0.961. The van der Waals surface area contributed by atoms with E-state index in [1.165, 1.54) is 0 Å². The summed E-state index contributed by atoms with van der Waals surface area (Å²) in [5.74, 6) is 0.110. The standard InChI is InChI=1S/C14H20N2O3S/c1-9-7-10(2)13(15)8-12(9)14(17)16-11-3-5-20(18,19)6-4-11/h7-8,11H,3-6,15H2,1-2H3,(H,16,17). The number of benzene rings is 1. The molecule has 0 aromatic heterocycles. The fourth-order valence-corrected chi connectivity index (χ4v) is 3.90. The van der Waals surface area contributed by atoms with Gasteiger partial charge >= 0.3 is 0 Å². The van der Waals surface area contributed by atoms with Crippen LogP contribution in [0.1, 0.15) is 34.3 Å². The number of amides is 1. The lowest BCUT2D eigenvalue weighted by atomic mass is 10.0. The van der Waals surface area contributed by atoms with E-state index in [2.05, 4.69) is 5.32 Å². The van der Waals surface area contributed by atoms with Crippen LogP contribution >= 0.6 is 0 Å². The minimum absolute atomic E-state index is 0.0760. The Hall–Kier alpha value is -1.56. The summed E-state index contributed by atoms with van der Waals surface area (Å²) in [7, 11) is -2.91. The van der Waals surface area contributed by atoms with E-state index in [1.54, 1.807) is 6.07 Å². The van der Waals surface area contributed by atoms with Crippen molar-refractivity contribution in [1.29, 1.82) is 0 Å². The Morgan fingerprint density at radius 2 is 1.80 bits per heavy atom. The fourth-order valence-electron chi connectivity index (χ4n) is 2.41. The van der Waals surface area contributed by atoms with Crippen LogP contribution in [-0.2, 0) is 9.84 Å². The molecule has 1 aliphatic rings. The van der Waals surface area contributed by atoms with Crippen molar-refractivity contribution in [3.8, 4) is 0 Å². The molecule has 0 unspecified atom stereocenters. The lowest BCUT2D eigenvalue weighted by molar-refractivity contribution is 0.0933. The van der Waals surface area contributed by atoms with Crippen LogP contribution in [0.25, 0.3) is 0 Å². The van der Waals surface area contributed by atoms with E-state index in [4.69, 9.17) is 5.73 Å². The SMILES string of the molecule is Cc1cc(C)c(C(=O)NC2CCS(=O)(=O)CC2)cc1N. The number of nitrogens with two attached hydrogens (primary N) is 1. The van der Waals surface area contributed by atoms with E-state index in [1.807, 2.05) is 19.9 Å². The highest BCUT2D eigenvalue weighted by Gasteiger charge is 2.25. The average molecular weight is 296 g/mol. The second-order valence-electron chi connectivity index (χ2n) is 5.42. The fraction of sp³-hybridized carbons (Fsp3) is 0.500. The number of rotatable bonds is 2. The molecule has 0 spiro atoms. The van der Waals surface area contributed by atoms with Gasteiger partial charge in [0.2, 0.25) is 0 Å². The number of carbonyl (C=O) groups excluding carboxylic acids is 1. The number of nitrogens with one attached hydrogen (secondary N) is 1. The molecular formula is C14H20N2O3S. The largest absolute Gasteiger partial charge is 0.398 e. The summed E-state index contributed by atoms with van der Waals surface area (Å²) in [4.78, 5) is 12.2. The molecule has 1 saturated heterocycles. The molecule has 110 valence electrons. The Balaban J connectivity index is 2.08. The Kier molecular flexibility index (Phi) is 4.04. The molecule has 0 aliphatic carbocycles. The number of hydrogen-bond donors (Lipinski definition) is 2. The summed E-state index contributed by atoms with van der Waals surface area (Å²) >= 11 is 0. The Bertz CT molecular complexity index is 624. The van der Waals surface area contributed by atoms with Gasteiger partial charge in [-0.15, -0.1) is 0 Å². The number of nitrogen functional groups attached to an aromatic ring is 1. The Morgan fingerprint density at radius 1 is 1.20 bits per heavy atom. The Morgan fingerprint density at radius 3 is 2.40 bits per heavy atom. The maximum absolute atomic E-state index is 12.2. The van der Waals surface area contributed by atoms with Crippen LogP contribution in [0.15, 0.2) is 12.1 Å². The van der Waals surface area contributed by atoms with Gasteiger partial charge in [-0.3, -0.25) is 4.79 Å². The topological polar surface area (TPSA) is 89.3 Å². The van der Waals surface area contributed by atoms with E-state index in [9.17, 15) is 13.2 Å². The molecule has 0 bridgehead atoms. The molecule has 1 aliphatic heterocycles. The van der Waals surface area contributed by atoms with Crippen LogP contribution in [0.4, 0.5) is 5.69 Å². The monoisotopic (exact) mass is 296 g/mol. The van der Waals surface area contributed by atoms with Crippen LogP contribution in [0, 0.1) is 13.8 Å². The first kappa shape index (κ1) is 14.8. The van der Waals surface area contributed by atoms with Gasteiger partial charge in [-0.2, -0.15) is 0 Å². The molecule has 0 atom stereocenters. The molecule has 1 heterocycles. The first-order valence-electron chi connectivity index (χ1n) is 6.66. The molecule has 3 N–H and O–H groups in total. The number of aryl methyl sites for hydroxylation is 2. The third-order valence-corrected chi connectivity index (χ3v) is 5.46. The molecule has 1 fully saturated rings. The number of carbonyl (C=O) groups is 1. The van der Waals surface area contributed by atoms with Crippen LogP contribution in [0.2, 0.25) is 0 Å². The first-order chi connectivity index (χ1) is 9.28. The number of anilines is 1. The van der Waals surface area contributed by atoms with Crippen LogP contribution in [-0.4, -0.2) is 31.9 Å². The molecule has 2 rings (SSSR count). The lowest BCUT2D eigenvalue weighted by Gasteiger charge is -2.23. The summed E-state index contributed by atoms with van der Waals surface area (Å²) < 4.78 is 22.7. The number of hydrogen-bond acceptors (Lipinski definition) is 4. The number of sulfone groups is 1. The van der Waals surface area contributed by atoms with Crippen molar-refractivity contribution >= 4 is 21.4 Å². The molecule has 1 amide bonds. The van der Waals surface area contributed by atoms with Gasteiger partial charge in [0.15, 0.2) is 0 Å². The zero-order valence-electron chi connectivity index (χ0n) is 11.8. The molecule has 0 radical (unpaired) electrons. The van der Waals surface area contributed by atoms with Crippen molar-refractivity contribution in [2.45, 2.75) is 32.7 Å². The van der Waals surface area contributed by atoms with Gasteiger partial charge in [-0.1, -0.05) is 6.07 Å². The van der Waals surface area contributed by atoms with Gasteiger partial charge in [0.1, 0.15) is 9.84 Å². The van der Waals surface area contributed by atoms with Gasteiger partial charge in [-0.05, 0) is 43.9 Å². The van der Waals surface area contributed by atoms with Crippen molar-refractivity contribution in [2.75, 3.05) is 17.2 Å². The normalized spacial score (nSPS) is 18.7. The summed E-state index contributed by atoms with van der Waals surface area (Å²) in [5, 5.41) is 2.90. The highest BCUT2D eigenvalue weighted by atomic mass is 32.2. The molecule has 1 aromatic carbocycles.